The van der Waals surface area contributed by atoms with Crippen molar-refractivity contribution in [3.8, 4) is 0 Å². The van der Waals surface area contributed by atoms with Gasteiger partial charge in [-0.1, -0.05) is 40.7 Å². The van der Waals surface area contributed by atoms with Gasteiger partial charge in [-0.05, 0) is 0 Å². The minimum atomic E-state index is 0.916. The summed E-state index contributed by atoms with van der Waals surface area (Å²) in [6.07, 6.45) is 5.63. The summed E-state index contributed by atoms with van der Waals surface area (Å²) in [4.78, 5) is 0. The molecule has 0 saturated carbocycles. The second kappa shape index (κ2) is 4.96. The molecule has 34 valence electrons. The maximum Gasteiger partial charge on any atom is 0.0215 e. The summed E-state index contributed by atoms with van der Waals surface area (Å²) in [5.74, 6) is 0. The van der Waals surface area contributed by atoms with E-state index < -0.39 is 0 Å². The Morgan fingerprint density at radius 2 is 2.33 bits per heavy atom. The van der Waals surface area contributed by atoms with E-state index in [0.717, 1.165) is 5.33 Å². The highest BCUT2D eigenvalue weighted by molar-refractivity contribution is 9.09. The lowest BCUT2D eigenvalue weighted by Crippen LogP contribution is -1.51. The van der Waals surface area contributed by atoms with E-state index in [1.165, 1.54) is 0 Å². The molecule has 0 aromatic carbocycles. The minimum absolute atomic E-state index is 0.916. The summed E-state index contributed by atoms with van der Waals surface area (Å²) in [7, 11) is 0. The Labute approximate surface area is 46.7 Å². The van der Waals surface area contributed by atoms with Gasteiger partial charge >= 0.3 is 0 Å². The molecule has 0 fully saturated rings. The number of rotatable bonds is 2. The number of hydrogen-bond donors (Lipinski definition) is 0. The number of allylic oxidation sites excluding steroid dienone is 3. The second-order valence-corrected chi connectivity index (χ2v) is 1.47. The first-order chi connectivity index (χ1) is 2.91. The van der Waals surface area contributed by atoms with Crippen LogP contribution in [0, 0.1) is 0 Å². The van der Waals surface area contributed by atoms with Crippen molar-refractivity contribution in [1.82, 2.24) is 0 Å². The molecule has 0 nitrogen and oxygen atoms in total. The number of alkyl halides is 1. The molecule has 0 amide bonds. The molecule has 0 saturated heterocycles. The van der Waals surface area contributed by atoms with Gasteiger partial charge in [0.1, 0.15) is 0 Å². The largest absolute Gasteiger partial charge is 0.0991 e. The standard InChI is InChI=1S/C5H7Br/c1-2-3-4-5-6/h2-4H,1,5H2/b4-3-. The molecule has 0 bridgehead atoms. The highest BCUT2D eigenvalue weighted by Gasteiger charge is 1.57. The third-order valence-corrected chi connectivity index (χ3v) is 0.735. The molecule has 0 aliphatic rings. The first kappa shape index (κ1) is 5.96. The normalized spacial score (nSPS) is 9.50. The van der Waals surface area contributed by atoms with Crippen LogP contribution in [0.15, 0.2) is 24.8 Å². The van der Waals surface area contributed by atoms with Gasteiger partial charge in [-0.25, -0.2) is 0 Å². The maximum atomic E-state index is 3.49. The zero-order valence-electron chi connectivity index (χ0n) is 3.52. The van der Waals surface area contributed by atoms with Crippen LogP contribution in [0.5, 0.6) is 0 Å². The molecule has 0 unspecified atom stereocenters. The molecule has 6 heavy (non-hydrogen) atoms. The predicted octanol–water partition coefficient (Wildman–Crippen LogP) is 2.12. The quantitative estimate of drug-likeness (QED) is 0.414. The van der Waals surface area contributed by atoms with Crippen molar-refractivity contribution >= 4 is 15.9 Å². The Bertz CT molecular complexity index is 55.0. The molecular weight excluding hydrogens is 140 g/mol. The Hall–Kier alpha value is -0.0400. The third-order valence-electron chi connectivity index (χ3n) is 0.361. The van der Waals surface area contributed by atoms with E-state index in [9.17, 15) is 0 Å². The van der Waals surface area contributed by atoms with E-state index in [2.05, 4.69) is 22.5 Å². The predicted molar refractivity (Wildman–Crippen MR) is 33.1 cm³/mol. The summed E-state index contributed by atoms with van der Waals surface area (Å²) < 4.78 is 0. The Balaban J connectivity index is 2.94. The molecule has 0 aromatic heterocycles. The molecule has 0 aromatic rings. The fourth-order valence-electron chi connectivity index (χ4n) is 0.148. The van der Waals surface area contributed by atoms with E-state index in [-0.39, 0.29) is 0 Å². The monoisotopic (exact) mass is 146 g/mol. The molecule has 0 N–H and O–H groups in total. The van der Waals surface area contributed by atoms with E-state index in [1.807, 2.05) is 12.2 Å². The van der Waals surface area contributed by atoms with Gasteiger partial charge in [0.2, 0.25) is 0 Å². The van der Waals surface area contributed by atoms with Gasteiger partial charge in [0.15, 0.2) is 0 Å². The molecule has 0 aliphatic carbocycles. The van der Waals surface area contributed by atoms with E-state index >= 15 is 0 Å². The van der Waals surface area contributed by atoms with Crippen LogP contribution in [-0.4, -0.2) is 5.33 Å². The fourth-order valence-corrected chi connectivity index (χ4v) is 0.363. The summed E-state index contributed by atoms with van der Waals surface area (Å²) in [5.41, 5.74) is 0. The van der Waals surface area contributed by atoms with Crippen molar-refractivity contribution < 1.29 is 0 Å². The molecule has 0 heterocycles. The van der Waals surface area contributed by atoms with Crippen molar-refractivity contribution in [2.45, 2.75) is 0 Å². The Kier molecular flexibility index (Phi) is 4.93. The summed E-state index contributed by atoms with van der Waals surface area (Å²) >= 11 is 3.22. The molecule has 1 heteroatoms. The Morgan fingerprint density at radius 3 is 2.50 bits per heavy atom. The van der Waals surface area contributed by atoms with E-state index in [4.69, 9.17) is 0 Å². The van der Waals surface area contributed by atoms with Gasteiger partial charge in [-0.15, -0.1) is 0 Å². The molecule has 0 spiro atoms. The van der Waals surface area contributed by atoms with Crippen molar-refractivity contribution in [2.24, 2.45) is 0 Å². The molecular formula is C5H7Br. The second-order valence-electron chi connectivity index (χ2n) is 0.818. The molecule has 0 aliphatic heterocycles. The van der Waals surface area contributed by atoms with Gasteiger partial charge in [-0.3, -0.25) is 0 Å². The summed E-state index contributed by atoms with van der Waals surface area (Å²) in [6.45, 7) is 3.49. The van der Waals surface area contributed by atoms with E-state index in [1.54, 1.807) is 6.08 Å². The SMILES string of the molecule is C=C/C=C\CBr. The number of halogens is 1. The lowest BCUT2D eigenvalue weighted by Gasteiger charge is -1.66. The van der Waals surface area contributed by atoms with Gasteiger partial charge in [0, 0.05) is 5.33 Å². The maximum absolute atomic E-state index is 3.49. The van der Waals surface area contributed by atoms with Crippen LogP contribution in [0.1, 0.15) is 0 Å². The van der Waals surface area contributed by atoms with Crippen LogP contribution in [0.3, 0.4) is 0 Å². The van der Waals surface area contributed by atoms with Crippen molar-refractivity contribution in [1.29, 1.82) is 0 Å². The molecule has 0 rings (SSSR count). The van der Waals surface area contributed by atoms with Crippen LogP contribution in [0.4, 0.5) is 0 Å². The van der Waals surface area contributed by atoms with E-state index in [0.29, 0.717) is 0 Å². The first-order valence-electron chi connectivity index (χ1n) is 1.75. The van der Waals surface area contributed by atoms with Crippen LogP contribution in [0.25, 0.3) is 0 Å². The third kappa shape index (κ3) is 3.96. The topological polar surface area (TPSA) is 0 Å². The lowest BCUT2D eigenvalue weighted by atomic mass is 10.5. The highest BCUT2D eigenvalue weighted by atomic mass is 79.9. The van der Waals surface area contributed by atoms with Crippen LogP contribution >= 0.6 is 15.9 Å². The summed E-state index contributed by atoms with van der Waals surface area (Å²) in [6, 6.07) is 0. The molecule has 0 atom stereocenters. The summed E-state index contributed by atoms with van der Waals surface area (Å²) in [5, 5.41) is 0.916. The number of hydrogen-bond acceptors (Lipinski definition) is 0. The average Bonchev–Trinajstić information content (AvgIpc) is 1.61. The van der Waals surface area contributed by atoms with Crippen LogP contribution in [-0.2, 0) is 0 Å². The van der Waals surface area contributed by atoms with Gasteiger partial charge in [-0.2, -0.15) is 0 Å². The lowest BCUT2D eigenvalue weighted by molar-refractivity contribution is 1.80. The average molecular weight is 147 g/mol. The minimum Gasteiger partial charge on any atom is -0.0991 e. The Morgan fingerprint density at radius 1 is 1.67 bits per heavy atom. The zero-order chi connectivity index (χ0) is 4.83. The highest BCUT2D eigenvalue weighted by Crippen LogP contribution is 1.79. The van der Waals surface area contributed by atoms with Gasteiger partial charge < -0.3 is 0 Å². The van der Waals surface area contributed by atoms with Crippen LogP contribution < -0.4 is 0 Å². The molecule has 0 radical (unpaired) electrons. The van der Waals surface area contributed by atoms with Crippen molar-refractivity contribution in [2.75, 3.05) is 5.33 Å². The zero-order valence-corrected chi connectivity index (χ0v) is 5.11. The first-order valence-corrected chi connectivity index (χ1v) is 2.87. The van der Waals surface area contributed by atoms with Crippen molar-refractivity contribution in [3.05, 3.63) is 24.8 Å². The van der Waals surface area contributed by atoms with Gasteiger partial charge in [0.25, 0.3) is 0 Å². The van der Waals surface area contributed by atoms with Gasteiger partial charge in [0.05, 0.1) is 0 Å². The van der Waals surface area contributed by atoms with Crippen molar-refractivity contribution in [3.63, 3.8) is 0 Å². The smallest absolute Gasteiger partial charge is 0.0215 e. The fraction of sp³-hybridized carbons (Fsp3) is 0.200. The van der Waals surface area contributed by atoms with Crippen LogP contribution in [0.2, 0.25) is 0 Å².